The predicted molar refractivity (Wildman–Crippen MR) is 83.5 cm³/mol. The topological polar surface area (TPSA) is 76.1 Å². The van der Waals surface area contributed by atoms with E-state index < -0.39 is 11.9 Å². The van der Waals surface area contributed by atoms with E-state index in [0.717, 1.165) is 0 Å². The van der Waals surface area contributed by atoms with Gasteiger partial charge < -0.3 is 19.5 Å². The SMILES string of the molecule is CCOc1c(Br)cc(C(=O)N2CC[C@H](C(=O)O)C2)cc1OC. The summed E-state index contributed by atoms with van der Waals surface area (Å²) < 4.78 is 11.4. The van der Waals surface area contributed by atoms with Gasteiger partial charge in [0.15, 0.2) is 11.5 Å². The van der Waals surface area contributed by atoms with E-state index in [0.29, 0.717) is 41.1 Å². The highest BCUT2D eigenvalue weighted by atomic mass is 79.9. The summed E-state index contributed by atoms with van der Waals surface area (Å²) in [6.07, 6.45) is 0.483. The van der Waals surface area contributed by atoms with Crippen molar-refractivity contribution < 1.29 is 24.2 Å². The fraction of sp³-hybridized carbons (Fsp3) is 0.467. The highest BCUT2D eigenvalue weighted by molar-refractivity contribution is 9.10. The molecule has 1 saturated heterocycles. The van der Waals surface area contributed by atoms with Gasteiger partial charge in [-0.25, -0.2) is 0 Å². The zero-order chi connectivity index (χ0) is 16.3. The number of hydrogen-bond acceptors (Lipinski definition) is 4. The summed E-state index contributed by atoms with van der Waals surface area (Å²) in [4.78, 5) is 25.1. The molecule has 0 spiro atoms. The van der Waals surface area contributed by atoms with Crippen LogP contribution in [0.1, 0.15) is 23.7 Å². The van der Waals surface area contributed by atoms with Crippen molar-refractivity contribution in [2.45, 2.75) is 13.3 Å². The number of carboxylic acid groups (broad SMARTS) is 1. The standard InChI is InChI=1S/C15H18BrNO5/c1-3-22-13-11(16)6-10(7-12(13)21-2)14(18)17-5-4-9(8-17)15(19)20/h6-7,9H,3-5,8H2,1-2H3,(H,19,20)/t9-/m0/s1. The van der Waals surface area contributed by atoms with Crippen LogP contribution < -0.4 is 9.47 Å². The van der Waals surface area contributed by atoms with Gasteiger partial charge >= 0.3 is 5.97 Å². The molecule has 1 fully saturated rings. The number of hydrogen-bond donors (Lipinski definition) is 1. The second kappa shape index (κ2) is 7.00. The molecule has 1 atom stereocenters. The highest BCUT2D eigenvalue weighted by Crippen LogP contribution is 2.37. The largest absolute Gasteiger partial charge is 0.493 e. The molecule has 0 radical (unpaired) electrons. The van der Waals surface area contributed by atoms with Crippen molar-refractivity contribution in [3.8, 4) is 11.5 Å². The zero-order valence-electron chi connectivity index (χ0n) is 12.5. The first-order valence-corrected chi connectivity index (χ1v) is 7.79. The van der Waals surface area contributed by atoms with Crippen LogP contribution in [0.5, 0.6) is 11.5 Å². The van der Waals surface area contributed by atoms with E-state index in [1.165, 1.54) is 7.11 Å². The number of rotatable bonds is 5. The van der Waals surface area contributed by atoms with Gasteiger partial charge in [-0.2, -0.15) is 0 Å². The van der Waals surface area contributed by atoms with Crippen LogP contribution in [0.4, 0.5) is 0 Å². The van der Waals surface area contributed by atoms with Crippen LogP contribution in [-0.2, 0) is 4.79 Å². The number of carboxylic acids is 1. The Labute approximate surface area is 137 Å². The third-order valence-electron chi connectivity index (χ3n) is 3.59. The number of halogens is 1. The van der Waals surface area contributed by atoms with Crippen molar-refractivity contribution in [3.05, 3.63) is 22.2 Å². The molecule has 1 aromatic carbocycles. The summed E-state index contributed by atoms with van der Waals surface area (Å²) >= 11 is 3.38. The summed E-state index contributed by atoms with van der Waals surface area (Å²) in [5.41, 5.74) is 0.443. The van der Waals surface area contributed by atoms with Crippen LogP contribution in [0.3, 0.4) is 0 Å². The van der Waals surface area contributed by atoms with Crippen LogP contribution in [-0.4, -0.2) is 48.7 Å². The molecule has 1 N–H and O–H groups in total. The minimum absolute atomic E-state index is 0.203. The lowest BCUT2D eigenvalue weighted by Crippen LogP contribution is -2.30. The van der Waals surface area contributed by atoms with Gasteiger partial charge in [0.2, 0.25) is 0 Å². The maximum atomic E-state index is 12.5. The third-order valence-corrected chi connectivity index (χ3v) is 4.18. The van der Waals surface area contributed by atoms with Crippen LogP contribution in [0.2, 0.25) is 0 Å². The van der Waals surface area contributed by atoms with Crippen LogP contribution >= 0.6 is 15.9 Å². The van der Waals surface area contributed by atoms with Crippen molar-refractivity contribution in [1.29, 1.82) is 0 Å². The quantitative estimate of drug-likeness (QED) is 0.859. The molecule has 0 bridgehead atoms. The van der Waals surface area contributed by atoms with E-state index >= 15 is 0 Å². The molecule has 7 heteroatoms. The summed E-state index contributed by atoms with van der Waals surface area (Å²) in [6, 6.07) is 3.29. The van der Waals surface area contributed by atoms with Gasteiger partial charge in [-0.15, -0.1) is 0 Å². The Hall–Kier alpha value is -1.76. The lowest BCUT2D eigenvalue weighted by atomic mass is 10.1. The van der Waals surface area contributed by atoms with Gasteiger partial charge in [0.1, 0.15) is 0 Å². The van der Waals surface area contributed by atoms with E-state index in [2.05, 4.69) is 15.9 Å². The molecule has 1 aliphatic rings. The average molecular weight is 372 g/mol. The molecule has 1 heterocycles. The van der Waals surface area contributed by atoms with Crippen molar-refractivity contribution in [2.24, 2.45) is 5.92 Å². The van der Waals surface area contributed by atoms with Crippen LogP contribution in [0, 0.1) is 5.92 Å². The highest BCUT2D eigenvalue weighted by Gasteiger charge is 2.31. The van der Waals surface area contributed by atoms with Crippen LogP contribution in [0.15, 0.2) is 16.6 Å². The molecule has 120 valence electrons. The fourth-order valence-electron chi connectivity index (χ4n) is 2.46. The Kier molecular flexibility index (Phi) is 5.28. The first-order valence-electron chi connectivity index (χ1n) is 7.00. The number of aliphatic carboxylic acids is 1. The molecule has 0 aromatic heterocycles. The lowest BCUT2D eigenvalue weighted by molar-refractivity contribution is -0.141. The smallest absolute Gasteiger partial charge is 0.308 e. The molecule has 0 aliphatic carbocycles. The van der Waals surface area contributed by atoms with Crippen molar-refractivity contribution in [1.82, 2.24) is 4.90 Å². The number of amides is 1. The molecule has 1 aliphatic heterocycles. The summed E-state index contributed by atoms with van der Waals surface area (Å²) in [5, 5.41) is 9.02. The number of nitrogens with zero attached hydrogens (tertiary/aromatic N) is 1. The Morgan fingerprint density at radius 1 is 1.45 bits per heavy atom. The number of benzene rings is 1. The van der Waals surface area contributed by atoms with Gasteiger partial charge in [0.05, 0.1) is 24.1 Å². The third kappa shape index (κ3) is 3.35. The Balaban J connectivity index is 2.24. The first-order chi connectivity index (χ1) is 10.5. The minimum Gasteiger partial charge on any atom is -0.493 e. The predicted octanol–water partition coefficient (Wildman–Crippen LogP) is 2.40. The Morgan fingerprint density at radius 2 is 2.18 bits per heavy atom. The maximum Gasteiger partial charge on any atom is 0.308 e. The minimum atomic E-state index is -0.860. The molecule has 6 nitrogen and oxygen atoms in total. The number of carbonyl (C=O) groups is 2. The van der Waals surface area contributed by atoms with Crippen molar-refractivity contribution >= 4 is 27.8 Å². The van der Waals surface area contributed by atoms with Crippen molar-refractivity contribution in [3.63, 3.8) is 0 Å². The number of methoxy groups -OCH3 is 1. The lowest BCUT2D eigenvalue weighted by Gasteiger charge is -2.18. The molecule has 1 aromatic rings. The fourth-order valence-corrected chi connectivity index (χ4v) is 3.01. The summed E-state index contributed by atoms with van der Waals surface area (Å²) in [5.74, 6) is -0.538. The van der Waals surface area contributed by atoms with Crippen molar-refractivity contribution in [2.75, 3.05) is 26.8 Å². The number of carbonyl (C=O) groups excluding carboxylic acids is 1. The van der Waals surface area contributed by atoms with Gasteiger partial charge in [0.25, 0.3) is 5.91 Å². The van der Waals surface area contributed by atoms with E-state index in [4.69, 9.17) is 14.6 Å². The van der Waals surface area contributed by atoms with E-state index in [9.17, 15) is 9.59 Å². The average Bonchev–Trinajstić information content (AvgIpc) is 2.98. The number of ether oxygens (including phenoxy) is 2. The molecule has 22 heavy (non-hydrogen) atoms. The normalized spacial score (nSPS) is 17.4. The van der Waals surface area contributed by atoms with E-state index in [1.54, 1.807) is 17.0 Å². The van der Waals surface area contributed by atoms with Gasteiger partial charge in [-0.3, -0.25) is 9.59 Å². The van der Waals surface area contributed by atoms with E-state index in [-0.39, 0.29) is 12.5 Å². The molecular formula is C15H18BrNO5. The summed E-state index contributed by atoms with van der Waals surface area (Å²) in [7, 11) is 1.51. The maximum absolute atomic E-state index is 12.5. The van der Waals surface area contributed by atoms with Crippen LogP contribution in [0.25, 0.3) is 0 Å². The molecule has 2 rings (SSSR count). The Bertz CT molecular complexity index is 590. The molecule has 0 unspecified atom stereocenters. The molecular weight excluding hydrogens is 354 g/mol. The monoisotopic (exact) mass is 371 g/mol. The van der Waals surface area contributed by atoms with Gasteiger partial charge in [0, 0.05) is 18.7 Å². The van der Waals surface area contributed by atoms with E-state index in [1.807, 2.05) is 6.92 Å². The Morgan fingerprint density at radius 3 is 2.73 bits per heavy atom. The summed E-state index contributed by atoms with van der Waals surface area (Å²) in [6.45, 7) is 3.03. The molecule has 0 saturated carbocycles. The second-order valence-electron chi connectivity index (χ2n) is 5.00. The number of likely N-dealkylation sites (tertiary alicyclic amines) is 1. The molecule has 1 amide bonds. The van der Waals surface area contributed by atoms with Gasteiger partial charge in [-0.05, 0) is 41.4 Å². The second-order valence-corrected chi connectivity index (χ2v) is 5.85. The zero-order valence-corrected chi connectivity index (χ0v) is 14.1. The van der Waals surface area contributed by atoms with Gasteiger partial charge in [-0.1, -0.05) is 0 Å². The first kappa shape index (κ1) is 16.6.